The quantitative estimate of drug-likeness (QED) is 0.563. The molecule has 0 saturated heterocycles. The van der Waals surface area contributed by atoms with Gasteiger partial charge in [-0.1, -0.05) is 6.07 Å². The van der Waals surface area contributed by atoms with Crippen LogP contribution in [0.2, 0.25) is 0 Å². The zero-order valence-corrected chi connectivity index (χ0v) is 11.3. The maximum absolute atomic E-state index is 4.45. The van der Waals surface area contributed by atoms with Crippen LogP contribution in [0.25, 0.3) is 27.5 Å². The van der Waals surface area contributed by atoms with Crippen molar-refractivity contribution < 1.29 is 0 Å². The molecule has 0 aliphatic carbocycles. The molecule has 20 heavy (non-hydrogen) atoms. The Morgan fingerprint density at radius 3 is 2.80 bits per heavy atom. The van der Waals surface area contributed by atoms with E-state index in [1.807, 2.05) is 36.8 Å². The van der Waals surface area contributed by atoms with Crippen LogP contribution < -0.4 is 0 Å². The minimum absolute atomic E-state index is 0.848. The van der Waals surface area contributed by atoms with Crippen LogP contribution in [0.3, 0.4) is 0 Å². The van der Waals surface area contributed by atoms with Gasteiger partial charge in [-0.2, -0.15) is 0 Å². The van der Waals surface area contributed by atoms with Gasteiger partial charge >= 0.3 is 0 Å². The normalized spacial score (nSPS) is 11.0. The number of hydrogen-bond acceptors (Lipinski definition) is 4. The minimum atomic E-state index is 0.848. The second kappa shape index (κ2) is 4.54. The lowest BCUT2D eigenvalue weighted by molar-refractivity contribution is 1.13. The Labute approximate surface area is 119 Å². The molecule has 96 valence electrons. The molecule has 0 atom stereocenters. The largest absolute Gasteiger partial charge is 0.295 e. The van der Waals surface area contributed by atoms with Crippen molar-refractivity contribution in [1.29, 1.82) is 0 Å². The number of rotatable bonds is 2. The summed E-state index contributed by atoms with van der Waals surface area (Å²) in [5, 5.41) is 2.07. The molecular formula is C15H10N4S. The molecular weight excluding hydrogens is 268 g/mol. The standard InChI is InChI=1S/C15H10N4S/c1-3-11(7-16-5-1)12-10-19-13(14-4-2-6-20-14)8-18-15(19)9-17-12/h1-10H. The van der Waals surface area contributed by atoms with Crippen LogP contribution >= 0.6 is 11.3 Å². The van der Waals surface area contributed by atoms with Crippen LogP contribution in [0.5, 0.6) is 0 Å². The van der Waals surface area contributed by atoms with Crippen LogP contribution in [0.1, 0.15) is 0 Å². The van der Waals surface area contributed by atoms with Crippen LogP contribution in [-0.2, 0) is 0 Å². The third-order valence-electron chi connectivity index (χ3n) is 3.13. The first-order valence-electron chi connectivity index (χ1n) is 6.19. The Morgan fingerprint density at radius 1 is 1.00 bits per heavy atom. The molecule has 0 fully saturated rings. The Kier molecular flexibility index (Phi) is 2.57. The Balaban J connectivity index is 1.92. The molecule has 4 rings (SSSR count). The number of pyridine rings is 1. The predicted molar refractivity (Wildman–Crippen MR) is 79.5 cm³/mol. The van der Waals surface area contributed by atoms with E-state index in [0.29, 0.717) is 0 Å². The number of aromatic nitrogens is 4. The van der Waals surface area contributed by atoms with Crippen molar-refractivity contribution in [2.24, 2.45) is 0 Å². The molecule has 0 N–H and O–H groups in total. The molecule has 4 aromatic rings. The molecule has 0 aromatic carbocycles. The molecule has 5 heteroatoms. The molecule has 0 aliphatic heterocycles. The molecule has 0 saturated carbocycles. The molecule has 0 spiro atoms. The summed E-state index contributed by atoms with van der Waals surface area (Å²) in [6, 6.07) is 8.05. The van der Waals surface area contributed by atoms with E-state index in [1.54, 1.807) is 23.7 Å². The third kappa shape index (κ3) is 1.80. The van der Waals surface area contributed by atoms with E-state index in [-0.39, 0.29) is 0 Å². The molecule has 0 radical (unpaired) electrons. The van der Waals surface area contributed by atoms with Crippen LogP contribution in [-0.4, -0.2) is 19.4 Å². The number of hydrogen-bond donors (Lipinski definition) is 0. The highest BCUT2D eigenvalue weighted by Crippen LogP contribution is 2.26. The van der Waals surface area contributed by atoms with Gasteiger partial charge in [0.1, 0.15) is 0 Å². The number of imidazole rings is 1. The van der Waals surface area contributed by atoms with E-state index in [4.69, 9.17) is 0 Å². The second-order valence-electron chi connectivity index (χ2n) is 4.36. The van der Waals surface area contributed by atoms with Gasteiger partial charge in [-0.3, -0.25) is 14.4 Å². The molecule has 4 nitrogen and oxygen atoms in total. The van der Waals surface area contributed by atoms with Gasteiger partial charge in [-0.05, 0) is 23.6 Å². The molecule has 0 unspecified atom stereocenters. The Morgan fingerprint density at radius 2 is 2.00 bits per heavy atom. The van der Waals surface area contributed by atoms with Gasteiger partial charge in [0.15, 0.2) is 5.65 Å². The third-order valence-corrected chi connectivity index (χ3v) is 4.02. The van der Waals surface area contributed by atoms with Gasteiger partial charge in [0, 0.05) is 24.2 Å². The monoisotopic (exact) mass is 278 g/mol. The number of thiophene rings is 1. The highest BCUT2D eigenvalue weighted by atomic mass is 32.1. The van der Waals surface area contributed by atoms with Gasteiger partial charge < -0.3 is 0 Å². The van der Waals surface area contributed by atoms with Crippen molar-refractivity contribution in [3.05, 3.63) is 60.6 Å². The maximum Gasteiger partial charge on any atom is 0.155 e. The zero-order chi connectivity index (χ0) is 13.4. The second-order valence-corrected chi connectivity index (χ2v) is 5.31. The SMILES string of the molecule is c1cncc(-c2cn3c(-c4cccs4)cnc3cn2)c1. The first-order chi connectivity index (χ1) is 9.92. The summed E-state index contributed by atoms with van der Waals surface area (Å²) in [5.41, 5.74) is 3.82. The van der Waals surface area contributed by atoms with Crippen molar-refractivity contribution in [3.63, 3.8) is 0 Å². The summed E-state index contributed by atoms with van der Waals surface area (Å²) in [6.07, 6.45) is 9.26. The number of fused-ring (bicyclic) bond motifs is 1. The first kappa shape index (κ1) is 11.3. The summed E-state index contributed by atoms with van der Waals surface area (Å²) in [5.74, 6) is 0. The Hall–Kier alpha value is -2.53. The van der Waals surface area contributed by atoms with E-state index < -0.39 is 0 Å². The summed E-state index contributed by atoms with van der Waals surface area (Å²) in [7, 11) is 0. The van der Waals surface area contributed by atoms with Crippen molar-refractivity contribution in [2.75, 3.05) is 0 Å². The molecule has 0 amide bonds. The molecule has 4 aromatic heterocycles. The van der Waals surface area contributed by atoms with E-state index in [9.17, 15) is 0 Å². The maximum atomic E-state index is 4.45. The smallest absolute Gasteiger partial charge is 0.155 e. The highest BCUT2D eigenvalue weighted by Gasteiger charge is 2.08. The van der Waals surface area contributed by atoms with E-state index in [0.717, 1.165) is 22.6 Å². The van der Waals surface area contributed by atoms with E-state index in [2.05, 4.69) is 30.8 Å². The van der Waals surface area contributed by atoms with Crippen LogP contribution in [0.4, 0.5) is 0 Å². The summed E-state index contributed by atoms with van der Waals surface area (Å²) in [4.78, 5) is 14.2. The fraction of sp³-hybridized carbons (Fsp3) is 0. The van der Waals surface area contributed by atoms with Gasteiger partial charge in [0.2, 0.25) is 0 Å². The lowest BCUT2D eigenvalue weighted by Gasteiger charge is -2.03. The molecule has 0 aliphatic rings. The number of nitrogens with zero attached hydrogens (tertiary/aromatic N) is 4. The molecule has 4 heterocycles. The Bertz CT molecular complexity index is 850. The minimum Gasteiger partial charge on any atom is -0.295 e. The summed E-state index contributed by atoms with van der Waals surface area (Å²) >= 11 is 1.70. The van der Waals surface area contributed by atoms with Gasteiger partial charge in [-0.15, -0.1) is 11.3 Å². The lowest BCUT2D eigenvalue weighted by atomic mass is 10.2. The van der Waals surface area contributed by atoms with Gasteiger partial charge in [-0.25, -0.2) is 4.98 Å². The predicted octanol–water partition coefficient (Wildman–Crippen LogP) is 3.52. The fourth-order valence-electron chi connectivity index (χ4n) is 2.16. The highest BCUT2D eigenvalue weighted by molar-refractivity contribution is 7.13. The van der Waals surface area contributed by atoms with Crippen LogP contribution in [0.15, 0.2) is 60.6 Å². The van der Waals surface area contributed by atoms with Crippen molar-refractivity contribution in [3.8, 4) is 21.8 Å². The first-order valence-corrected chi connectivity index (χ1v) is 7.07. The average Bonchev–Trinajstić information content (AvgIpc) is 3.16. The van der Waals surface area contributed by atoms with E-state index in [1.165, 1.54) is 4.88 Å². The van der Waals surface area contributed by atoms with Crippen LogP contribution in [0, 0.1) is 0 Å². The zero-order valence-electron chi connectivity index (χ0n) is 10.5. The fourth-order valence-corrected chi connectivity index (χ4v) is 2.89. The van der Waals surface area contributed by atoms with E-state index >= 15 is 0 Å². The topological polar surface area (TPSA) is 43.1 Å². The van der Waals surface area contributed by atoms with Crippen molar-refractivity contribution in [2.45, 2.75) is 0 Å². The lowest BCUT2D eigenvalue weighted by Crippen LogP contribution is -1.92. The summed E-state index contributed by atoms with van der Waals surface area (Å²) in [6.45, 7) is 0. The van der Waals surface area contributed by atoms with Gasteiger partial charge in [0.05, 0.1) is 28.7 Å². The van der Waals surface area contributed by atoms with Gasteiger partial charge in [0.25, 0.3) is 0 Å². The average molecular weight is 278 g/mol. The van der Waals surface area contributed by atoms with Crippen molar-refractivity contribution in [1.82, 2.24) is 19.4 Å². The summed E-state index contributed by atoms with van der Waals surface area (Å²) < 4.78 is 2.07. The molecule has 0 bridgehead atoms. The van der Waals surface area contributed by atoms with Crippen molar-refractivity contribution >= 4 is 17.0 Å².